The van der Waals surface area contributed by atoms with E-state index < -0.39 is 0 Å². The van der Waals surface area contributed by atoms with Gasteiger partial charge in [-0.3, -0.25) is 0 Å². The maximum atomic E-state index is 5.42. The van der Waals surface area contributed by atoms with Crippen LogP contribution in [0, 0.1) is 5.92 Å². The molecule has 164 valence electrons. The fraction of sp³-hybridized carbons (Fsp3) is 0.739. The van der Waals surface area contributed by atoms with Gasteiger partial charge in [-0.25, -0.2) is 0 Å². The van der Waals surface area contributed by atoms with E-state index in [0.717, 1.165) is 51.7 Å². The minimum Gasteiger partial charge on any atom is -0.390 e. The molecular formula is C23H47N5. The van der Waals surface area contributed by atoms with Crippen molar-refractivity contribution in [3.63, 3.8) is 0 Å². The zero-order valence-electron chi connectivity index (χ0n) is 18.9. The van der Waals surface area contributed by atoms with E-state index in [2.05, 4.69) is 73.4 Å². The van der Waals surface area contributed by atoms with Gasteiger partial charge in [0.15, 0.2) is 0 Å². The Labute approximate surface area is 174 Å². The molecule has 0 aromatic carbocycles. The molecule has 0 bridgehead atoms. The van der Waals surface area contributed by atoms with Crippen LogP contribution in [0.5, 0.6) is 0 Å². The summed E-state index contributed by atoms with van der Waals surface area (Å²) in [6, 6.07) is 0. The fourth-order valence-electron chi connectivity index (χ4n) is 2.73. The third-order valence-corrected chi connectivity index (χ3v) is 4.53. The molecule has 0 aliphatic carbocycles. The highest BCUT2D eigenvalue weighted by Crippen LogP contribution is 2.15. The summed E-state index contributed by atoms with van der Waals surface area (Å²) in [5.74, 6) is 0.796. The van der Waals surface area contributed by atoms with Gasteiger partial charge in [-0.2, -0.15) is 0 Å². The van der Waals surface area contributed by atoms with Crippen LogP contribution in [0.4, 0.5) is 0 Å². The molecule has 0 aliphatic heterocycles. The van der Waals surface area contributed by atoms with Gasteiger partial charge in [0, 0.05) is 52.4 Å². The van der Waals surface area contributed by atoms with Gasteiger partial charge in [-0.1, -0.05) is 30.2 Å². The van der Waals surface area contributed by atoms with E-state index >= 15 is 0 Å². The Balaban J connectivity index is 3.50. The molecule has 0 spiro atoms. The first-order chi connectivity index (χ1) is 13.6. The summed E-state index contributed by atoms with van der Waals surface area (Å²) in [5, 5.41) is 13.4. The van der Waals surface area contributed by atoms with Gasteiger partial charge in [-0.05, 0) is 64.6 Å². The van der Waals surface area contributed by atoms with Crippen molar-refractivity contribution in [2.24, 2.45) is 11.7 Å². The Kier molecular flexibility index (Phi) is 19.8. The van der Waals surface area contributed by atoms with Gasteiger partial charge in [0.05, 0.1) is 0 Å². The van der Waals surface area contributed by atoms with Crippen molar-refractivity contribution in [1.82, 2.24) is 21.3 Å². The van der Waals surface area contributed by atoms with E-state index in [0.29, 0.717) is 6.54 Å². The molecular weight excluding hydrogens is 346 g/mol. The van der Waals surface area contributed by atoms with E-state index in [4.69, 9.17) is 5.73 Å². The van der Waals surface area contributed by atoms with E-state index in [-0.39, 0.29) is 0 Å². The molecule has 0 aliphatic rings. The smallest absolute Gasteiger partial charge is 0.0266 e. The van der Waals surface area contributed by atoms with Crippen LogP contribution < -0.4 is 27.0 Å². The first-order valence-electron chi connectivity index (χ1n) is 11.1. The topological polar surface area (TPSA) is 74.1 Å². The lowest BCUT2D eigenvalue weighted by Gasteiger charge is -2.08. The van der Waals surface area contributed by atoms with Gasteiger partial charge < -0.3 is 27.0 Å². The number of nitrogens with one attached hydrogen (secondary N) is 4. The predicted octanol–water partition coefficient (Wildman–Crippen LogP) is 2.93. The Morgan fingerprint density at radius 2 is 1.32 bits per heavy atom. The van der Waals surface area contributed by atoms with Crippen LogP contribution >= 0.6 is 0 Å². The summed E-state index contributed by atoms with van der Waals surface area (Å²) < 4.78 is 0. The van der Waals surface area contributed by atoms with E-state index in [1.807, 2.05) is 0 Å². The van der Waals surface area contributed by atoms with Gasteiger partial charge in [0.1, 0.15) is 0 Å². The third kappa shape index (κ3) is 21.2. The number of hydrogen-bond donors (Lipinski definition) is 5. The quantitative estimate of drug-likeness (QED) is 0.133. The molecule has 5 heteroatoms. The van der Waals surface area contributed by atoms with E-state index in [1.54, 1.807) is 0 Å². The maximum Gasteiger partial charge on any atom is 0.0266 e. The Hall–Kier alpha value is -1.14. The molecule has 0 aromatic rings. The minimum absolute atomic E-state index is 0.703. The summed E-state index contributed by atoms with van der Waals surface area (Å²) >= 11 is 0. The predicted molar refractivity (Wildman–Crippen MR) is 126 cm³/mol. The zero-order valence-corrected chi connectivity index (χ0v) is 18.9. The van der Waals surface area contributed by atoms with Crippen LogP contribution in [0.15, 0.2) is 35.6 Å². The fourth-order valence-corrected chi connectivity index (χ4v) is 2.73. The van der Waals surface area contributed by atoms with Crippen LogP contribution in [0.1, 0.15) is 53.4 Å². The lowest BCUT2D eigenvalue weighted by Crippen LogP contribution is -2.35. The molecule has 0 fully saturated rings. The second-order valence-electron chi connectivity index (χ2n) is 7.82. The first kappa shape index (κ1) is 26.9. The summed E-state index contributed by atoms with van der Waals surface area (Å²) in [6.07, 6.45) is 13.9. The van der Waals surface area contributed by atoms with Crippen LogP contribution in [-0.2, 0) is 0 Å². The van der Waals surface area contributed by atoms with Gasteiger partial charge in [0.2, 0.25) is 0 Å². The highest BCUT2D eigenvalue weighted by molar-refractivity contribution is 5.15. The maximum absolute atomic E-state index is 5.42. The van der Waals surface area contributed by atoms with Gasteiger partial charge in [-0.15, -0.1) is 0 Å². The number of allylic oxidation sites excluding steroid dienone is 5. The molecule has 0 rings (SSSR count). The molecule has 0 aromatic heterocycles. The number of hydrogen-bond acceptors (Lipinski definition) is 5. The van der Waals surface area contributed by atoms with Gasteiger partial charge in [0.25, 0.3) is 0 Å². The monoisotopic (exact) mass is 393 g/mol. The largest absolute Gasteiger partial charge is 0.390 e. The first-order valence-corrected chi connectivity index (χ1v) is 11.1. The van der Waals surface area contributed by atoms with Crippen LogP contribution in [0.2, 0.25) is 0 Å². The molecule has 0 saturated heterocycles. The molecule has 28 heavy (non-hydrogen) atoms. The molecule has 6 N–H and O–H groups in total. The van der Waals surface area contributed by atoms with Crippen LogP contribution in [0.3, 0.4) is 0 Å². The van der Waals surface area contributed by atoms with Crippen molar-refractivity contribution in [3.05, 3.63) is 35.6 Å². The average Bonchev–Trinajstić information content (AvgIpc) is 2.65. The van der Waals surface area contributed by atoms with Crippen molar-refractivity contribution in [2.45, 2.75) is 53.4 Å². The highest BCUT2D eigenvalue weighted by atomic mass is 15.0. The highest BCUT2D eigenvalue weighted by Gasteiger charge is 1.99. The molecule has 1 atom stereocenters. The van der Waals surface area contributed by atoms with Crippen molar-refractivity contribution >= 4 is 0 Å². The minimum atomic E-state index is 0.703. The molecule has 0 radical (unpaired) electrons. The van der Waals surface area contributed by atoms with Crippen LogP contribution in [0.25, 0.3) is 0 Å². The Bertz CT molecular complexity index is 425. The second-order valence-corrected chi connectivity index (χ2v) is 7.82. The van der Waals surface area contributed by atoms with Crippen molar-refractivity contribution in [1.29, 1.82) is 0 Å². The third-order valence-electron chi connectivity index (χ3n) is 4.53. The van der Waals surface area contributed by atoms with Crippen molar-refractivity contribution in [3.8, 4) is 0 Å². The standard InChI is InChI=1S/C23H47N5/c1-21(2)7-5-8-22(3)9-6-10-23(4)11-13-25-15-17-27-19-20-28-18-16-26-14-12-24/h7,10-11,13,22,25-28H,5-6,8-9,12,14-20,24H2,1-4H3. The number of nitrogens with two attached hydrogens (primary N) is 1. The summed E-state index contributed by atoms with van der Waals surface area (Å²) in [6.45, 7) is 16.4. The zero-order chi connectivity index (χ0) is 20.9. The normalized spacial score (nSPS) is 13.1. The summed E-state index contributed by atoms with van der Waals surface area (Å²) in [4.78, 5) is 0. The van der Waals surface area contributed by atoms with E-state index in [9.17, 15) is 0 Å². The molecule has 0 saturated carbocycles. The molecule has 1 unspecified atom stereocenters. The SMILES string of the molecule is CC(C)=CCCC(C)CCC=C(C)C=CNCCNCCNCCNCCN. The molecule has 0 amide bonds. The van der Waals surface area contributed by atoms with Gasteiger partial charge >= 0.3 is 0 Å². The number of rotatable bonds is 19. The lowest BCUT2D eigenvalue weighted by molar-refractivity contribution is 0.501. The van der Waals surface area contributed by atoms with Crippen molar-refractivity contribution < 1.29 is 0 Å². The molecule has 5 nitrogen and oxygen atoms in total. The Morgan fingerprint density at radius 3 is 1.89 bits per heavy atom. The average molecular weight is 394 g/mol. The lowest BCUT2D eigenvalue weighted by atomic mass is 9.98. The summed E-state index contributed by atoms with van der Waals surface area (Å²) in [7, 11) is 0. The second kappa shape index (κ2) is 20.6. The molecule has 0 heterocycles. The van der Waals surface area contributed by atoms with Crippen LogP contribution in [-0.4, -0.2) is 52.4 Å². The van der Waals surface area contributed by atoms with Crippen molar-refractivity contribution in [2.75, 3.05) is 52.4 Å². The summed E-state index contributed by atoms with van der Waals surface area (Å²) in [5.41, 5.74) is 8.19. The van der Waals surface area contributed by atoms with E-state index in [1.165, 1.54) is 36.8 Å². The Morgan fingerprint density at radius 1 is 0.786 bits per heavy atom.